The molecule has 0 aliphatic rings. The summed E-state index contributed by atoms with van der Waals surface area (Å²) in [5.41, 5.74) is -0.150. The molecular formula is C8H7Cl2NO3. The first kappa shape index (κ1) is 11.1. The van der Waals surface area contributed by atoms with Crippen molar-refractivity contribution in [3.63, 3.8) is 0 Å². The molecule has 0 aliphatic carbocycles. The van der Waals surface area contributed by atoms with E-state index in [2.05, 4.69) is 0 Å². The fourth-order valence-electron chi connectivity index (χ4n) is 0.934. The highest BCUT2D eigenvalue weighted by Crippen LogP contribution is 2.36. The molecule has 0 heterocycles. The van der Waals surface area contributed by atoms with Gasteiger partial charge in [-0.15, -0.1) is 0 Å². The lowest BCUT2D eigenvalue weighted by Gasteiger charge is -2.06. The van der Waals surface area contributed by atoms with Gasteiger partial charge in [0.1, 0.15) is 0 Å². The molecule has 0 radical (unpaired) electrons. The fourth-order valence-corrected chi connectivity index (χ4v) is 1.52. The quantitative estimate of drug-likeness (QED) is 0.597. The Hall–Kier alpha value is -1.00. The van der Waals surface area contributed by atoms with E-state index in [0.717, 1.165) is 0 Å². The predicted molar refractivity (Wildman–Crippen MR) is 54.3 cm³/mol. The smallest absolute Gasteiger partial charge is 0.272 e. The Labute approximate surface area is 90.5 Å². The summed E-state index contributed by atoms with van der Waals surface area (Å²) in [6.45, 7) is 2.17. The third-order valence-electron chi connectivity index (χ3n) is 1.48. The van der Waals surface area contributed by atoms with Crippen molar-refractivity contribution in [1.82, 2.24) is 0 Å². The maximum absolute atomic E-state index is 10.4. The molecule has 14 heavy (non-hydrogen) atoms. The number of hydrogen-bond acceptors (Lipinski definition) is 3. The van der Waals surface area contributed by atoms with Crippen LogP contribution in [0.15, 0.2) is 12.1 Å². The molecule has 76 valence electrons. The SMILES string of the molecule is CCOc1c(Cl)cc([N+](=O)[O-])cc1Cl. The highest BCUT2D eigenvalue weighted by atomic mass is 35.5. The maximum atomic E-state index is 10.4. The number of nitro groups is 1. The largest absolute Gasteiger partial charge is 0.491 e. The zero-order valence-corrected chi connectivity index (χ0v) is 8.80. The molecule has 0 bridgehead atoms. The lowest BCUT2D eigenvalue weighted by molar-refractivity contribution is -0.384. The normalized spacial score (nSPS) is 9.93. The van der Waals surface area contributed by atoms with Crippen molar-refractivity contribution < 1.29 is 9.66 Å². The Kier molecular flexibility index (Phi) is 3.55. The Morgan fingerprint density at radius 2 is 1.93 bits per heavy atom. The summed E-state index contributed by atoms with van der Waals surface area (Å²) in [5.74, 6) is 0.279. The molecule has 0 fully saturated rings. The summed E-state index contributed by atoms with van der Waals surface area (Å²) in [6, 6.07) is 2.41. The second-order valence-electron chi connectivity index (χ2n) is 2.43. The van der Waals surface area contributed by atoms with Crippen molar-refractivity contribution in [1.29, 1.82) is 0 Å². The van der Waals surface area contributed by atoms with Crippen LogP contribution in [0.4, 0.5) is 5.69 Å². The number of halogens is 2. The van der Waals surface area contributed by atoms with Crippen molar-refractivity contribution in [3.05, 3.63) is 32.3 Å². The van der Waals surface area contributed by atoms with Gasteiger partial charge in [0.05, 0.1) is 21.6 Å². The Morgan fingerprint density at radius 1 is 1.43 bits per heavy atom. The monoisotopic (exact) mass is 235 g/mol. The molecule has 1 rings (SSSR count). The van der Waals surface area contributed by atoms with Crippen LogP contribution in [0.1, 0.15) is 6.92 Å². The summed E-state index contributed by atoms with van der Waals surface area (Å²) < 4.78 is 5.12. The van der Waals surface area contributed by atoms with Gasteiger partial charge in [0.2, 0.25) is 0 Å². The minimum absolute atomic E-state index is 0.144. The molecule has 0 N–H and O–H groups in total. The van der Waals surface area contributed by atoms with Crippen LogP contribution in [0.25, 0.3) is 0 Å². The van der Waals surface area contributed by atoms with E-state index < -0.39 is 4.92 Å². The van der Waals surface area contributed by atoms with Crippen LogP contribution in [0.3, 0.4) is 0 Å². The number of nitrogens with zero attached hydrogens (tertiary/aromatic N) is 1. The number of benzene rings is 1. The van der Waals surface area contributed by atoms with Gasteiger partial charge >= 0.3 is 0 Å². The van der Waals surface area contributed by atoms with Gasteiger partial charge in [0, 0.05) is 12.1 Å². The van der Waals surface area contributed by atoms with Gasteiger partial charge in [0.15, 0.2) is 5.75 Å². The third kappa shape index (κ3) is 2.27. The van der Waals surface area contributed by atoms with E-state index in [1.165, 1.54) is 12.1 Å². The van der Waals surface area contributed by atoms with E-state index in [1.807, 2.05) is 0 Å². The van der Waals surface area contributed by atoms with Crippen LogP contribution in [0, 0.1) is 10.1 Å². The van der Waals surface area contributed by atoms with Gasteiger partial charge in [-0.3, -0.25) is 10.1 Å². The first-order chi connectivity index (χ1) is 6.56. The van der Waals surface area contributed by atoms with E-state index in [9.17, 15) is 10.1 Å². The maximum Gasteiger partial charge on any atom is 0.272 e. The highest BCUT2D eigenvalue weighted by Gasteiger charge is 2.14. The van der Waals surface area contributed by atoms with Crippen molar-refractivity contribution in [2.24, 2.45) is 0 Å². The van der Waals surface area contributed by atoms with Crippen molar-refractivity contribution in [2.45, 2.75) is 6.92 Å². The minimum Gasteiger partial charge on any atom is -0.491 e. The molecule has 0 aromatic heterocycles. The average molecular weight is 236 g/mol. The van der Waals surface area contributed by atoms with Crippen molar-refractivity contribution in [2.75, 3.05) is 6.61 Å². The molecule has 1 aromatic carbocycles. The summed E-state index contributed by atoms with van der Waals surface area (Å²) in [4.78, 5) is 9.86. The van der Waals surface area contributed by atoms with Gasteiger partial charge in [-0.05, 0) is 6.92 Å². The molecule has 0 aliphatic heterocycles. The van der Waals surface area contributed by atoms with E-state index in [0.29, 0.717) is 6.61 Å². The number of rotatable bonds is 3. The number of nitro benzene ring substituents is 1. The zero-order chi connectivity index (χ0) is 10.7. The molecule has 0 unspecified atom stereocenters. The summed E-state index contributed by atoms with van der Waals surface area (Å²) in [6.07, 6.45) is 0. The topological polar surface area (TPSA) is 52.4 Å². The molecule has 1 aromatic rings. The lowest BCUT2D eigenvalue weighted by atomic mass is 10.3. The number of hydrogen-bond donors (Lipinski definition) is 0. The first-order valence-corrected chi connectivity index (χ1v) is 4.58. The van der Waals surface area contributed by atoms with E-state index in [1.54, 1.807) is 6.92 Å². The van der Waals surface area contributed by atoms with Crippen LogP contribution < -0.4 is 4.74 Å². The van der Waals surface area contributed by atoms with E-state index in [-0.39, 0.29) is 21.5 Å². The molecule has 0 atom stereocenters. The van der Waals surface area contributed by atoms with Crippen LogP contribution in [-0.2, 0) is 0 Å². The van der Waals surface area contributed by atoms with Crippen molar-refractivity contribution >= 4 is 28.9 Å². The summed E-state index contributed by atoms with van der Waals surface area (Å²) in [7, 11) is 0. The lowest BCUT2D eigenvalue weighted by Crippen LogP contribution is -1.95. The predicted octanol–water partition coefficient (Wildman–Crippen LogP) is 3.30. The summed E-state index contributed by atoms with van der Waals surface area (Å²) >= 11 is 11.5. The number of ether oxygens (including phenoxy) is 1. The molecule has 0 saturated heterocycles. The van der Waals surface area contributed by atoms with E-state index >= 15 is 0 Å². The third-order valence-corrected chi connectivity index (χ3v) is 2.04. The minimum atomic E-state index is -0.562. The molecule has 0 saturated carbocycles. The fraction of sp³-hybridized carbons (Fsp3) is 0.250. The standard InChI is InChI=1S/C8H7Cl2NO3/c1-2-14-8-6(9)3-5(11(12)13)4-7(8)10/h3-4H,2H2,1H3. The average Bonchev–Trinajstić information content (AvgIpc) is 2.10. The van der Waals surface area contributed by atoms with Crippen LogP contribution in [-0.4, -0.2) is 11.5 Å². The van der Waals surface area contributed by atoms with Crippen molar-refractivity contribution in [3.8, 4) is 5.75 Å². The van der Waals surface area contributed by atoms with Gasteiger partial charge < -0.3 is 4.74 Å². The molecule has 4 nitrogen and oxygen atoms in total. The highest BCUT2D eigenvalue weighted by molar-refractivity contribution is 6.37. The van der Waals surface area contributed by atoms with Gasteiger partial charge in [-0.1, -0.05) is 23.2 Å². The Bertz CT molecular complexity index is 345. The van der Waals surface area contributed by atoms with Crippen LogP contribution >= 0.6 is 23.2 Å². The number of non-ortho nitro benzene ring substituents is 1. The van der Waals surface area contributed by atoms with Crippen LogP contribution in [0.5, 0.6) is 5.75 Å². The van der Waals surface area contributed by atoms with Gasteiger partial charge in [-0.25, -0.2) is 0 Å². The molecule has 0 spiro atoms. The second-order valence-corrected chi connectivity index (χ2v) is 3.24. The Balaban J connectivity index is 3.18. The molecular weight excluding hydrogens is 229 g/mol. The molecule has 0 amide bonds. The van der Waals surface area contributed by atoms with Crippen LogP contribution in [0.2, 0.25) is 10.0 Å². The Morgan fingerprint density at radius 3 is 2.29 bits per heavy atom. The molecule has 6 heteroatoms. The summed E-state index contributed by atoms with van der Waals surface area (Å²) in [5, 5.41) is 10.7. The zero-order valence-electron chi connectivity index (χ0n) is 7.29. The second kappa shape index (κ2) is 4.48. The van der Waals surface area contributed by atoms with E-state index in [4.69, 9.17) is 27.9 Å². The first-order valence-electron chi connectivity index (χ1n) is 3.82. The van der Waals surface area contributed by atoms with Gasteiger partial charge in [-0.2, -0.15) is 0 Å². The van der Waals surface area contributed by atoms with Gasteiger partial charge in [0.25, 0.3) is 5.69 Å².